The SMILES string of the molecule is CCOC(=O)c1nc(-c2ccc(Cl)cc2F)n[nH]1. The van der Waals surface area contributed by atoms with E-state index in [-0.39, 0.29) is 28.8 Å². The zero-order valence-corrected chi connectivity index (χ0v) is 10.2. The topological polar surface area (TPSA) is 67.9 Å². The zero-order valence-electron chi connectivity index (χ0n) is 9.41. The van der Waals surface area contributed by atoms with E-state index in [0.29, 0.717) is 0 Å². The van der Waals surface area contributed by atoms with E-state index in [2.05, 4.69) is 15.2 Å². The predicted octanol–water partition coefficient (Wildman–Crippen LogP) is 2.44. The molecular weight excluding hydrogens is 261 g/mol. The van der Waals surface area contributed by atoms with E-state index in [1.807, 2.05) is 0 Å². The molecule has 0 spiro atoms. The maximum Gasteiger partial charge on any atom is 0.375 e. The molecule has 1 heterocycles. The fourth-order valence-corrected chi connectivity index (χ4v) is 1.50. The Balaban J connectivity index is 2.32. The summed E-state index contributed by atoms with van der Waals surface area (Å²) in [4.78, 5) is 15.2. The molecule has 1 aromatic carbocycles. The lowest BCUT2D eigenvalue weighted by atomic mass is 10.2. The van der Waals surface area contributed by atoms with Crippen LogP contribution in [0.3, 0.4) is 0 Å². The normalized spacial score (nSPS) is 10.4. The molecule has 2 rings (SSSR count). The number of nitrogens with one attached hydrogen (secondary N) is 1. The molecule has 0 saturated heterocycles. The quantitative estimate of drug-likeness (QED) is 0.869. The molecule has 18 heavy (non-hydrogen) atoms. The zero-order chi connectivity index (χ0) is 13.1. The Morgan fingerprint density at radius 3 is 3.00 bits per heavy atom. The van der Waals surface area contributed by atoms with Crippen molar-refractivity contribution < 1.29 is 13.9 Å². The van der Waals surface area contributed by atoms with Gasteiger partial charge in [-0.1, -0.05) is 11.6 Å². The van der Waals surface area contributed by atoms with Crippen LogP contribution in [-0.2, 0) is 4.74 Å². The number of halogens is 2. The third kappa shape index (κ3) is 2.48. The van der Waals surface area contributed by atoms with Gasteiger partial charge in [0.15, 0.2) is 5.82 Å². The fraction of sp³-hybridized carbons (Fsp3) is 0.182. The molecular formula is C11H9ClFN3O2. The van der Waals surface area contributed by atoms with Crippen LogP contribution < -0.4 is 0 Å². The van der Waals surface area contributed by atoms with Crippen molar-refractivity contribution >= 4 is 17.6 Å². The van der Waals surface area contributed by atoms with Crippen LogP contribution in [0.5, 0.6) is 0 Å². The number of esters is 1. The number of aromatic amines is 1. The van der Waals surface area contributed by atoms with E-state index in [9.17, 15) is 9.18 Å². The second-order valence-electron chi connectivity index (χ2n) is 3.35. The van der Waals surface area contributed by atoms with Crippen molar-refractivity contribution in [2.45, 2.75) is 6.92 Å². The van der Waals surface area contributed by atoms with E-state index in [1.165, 1.54) is 12.1 Å². The standard InChI is InChI=1S/C11H9ClFN3O2/c1-2-18-11(17)10-14-9(15-16-10)7-4-3-6(12)5-8(7)13/h3-5H,2H2,1H3,(H,14,15,16). The lowest BCUT2D eigenvalue weighted by Crippen LogP contribution is -2.06. The van der Waals surface area contributed by atoms with Gasteiger partial charge < -0.3 is 4.74 Å². The van der Waals surface area contributed by atoms with Crippen LogP contribution in [-0.4, -0.2) is 27.8 Å². The second kappa shape index (κ2) is 5.14. The largest absolute Gasteiger partial charge is 0.460 e. The van der Waals surface area contributed by atoms with Gasteiger partial charge in [-0.3, -0.25) is 5.10 Å². The van der Waals surface area contributed by atoms with Crippen LogP contribution in [0.15, 0.2) is 18.2 Å². The highest BCUT2D eigenvalue weighted by Gasteiger charge is 2.16. The van der Waals surface area contributed by atoms with E-state index in [0.717, 1.165) is 6.07 Å². The van der Waals surface area contributed by atoms with Gasteiger partial charge >= 0.3 is 5.97 Å². The van der Waals surface area contributed by atoms with Crippen LogP contribution in [0.25, 0.3) is 11.4 Å². The number of carbonyl (C=O) groups excluding carboxylic acids is 1. The first kappa shape index (κ1) is 12.5. The van der Waals surface area contributed by atoms with Gasteiger partial charge in [-0.15, -0.1) is 0 Å². The highest BCUT2D eigenvalue weighted by Crippen LogP contribution is 2.22. The molecule has 5 nitrogen and oxygen atoms in total. The number of H-pyrrole nitrogens is 1. The molecule has 0 atom stereocenters. The molecule has 0 amide bonds. The van der Waals surface area contributed by atoms with E-state index < -0.39 is 11.8 Å². The van der Waals surface area contributed by atoms with Crippen molar-refractivity contribution in [3.8, 4) is 11.4 Å². The van der Waals surface area contributed by atoms with Gasteiger partial charge in [0.2, 0.25) is 5.82 Å². The van der Waals surface area contributed by atoms with Crippen molar-refractivity contribution in [2.75, 3.05) is 6.61 Å². The Labute approximate surface area is 107 Å². The highest BCUT2D eigenvalue weighted by molar-refractivity contribution is 6.30. The number of benzene rings is 1. The summed E-state index contributed by atoms with van der Waals surface area (Å²) in [6.07, 6.45) is 0. The van der Waals surface area contributed by atoms with Crippen LogP contribution >= 0.6 is 11.6 Å². The Morgan fingerprint density at radius 1 is 1.56 bits per heavy atom. The number of ether oxygens (including phenoxy) is 1. The number of hydrogen-bond acceptors (Lipinski definition) is 4. The maximum atomic E-state index is 13.6. The first-order valence-corrected chi connectivity index (χ1v) is 5.54. The Kier molecular flexibility index (Phi) is 3.57. The summed E-state index contributed by atoms with van der Waals surface area (Å²) in [5, 5.41) is 6.43. The monoisotopic (exact) mass is 269 g/mol. The smallest absolute Gasteiger partial charge is 0.375 e. The minimum absolute atomic E-state index is 0.0683. The molecule has 0 aliphatic rings. The van der Waals surface area contributed by atoms with Gasteiger partial charge in [-0.25, -0.2) is 14.2 Å². The summed E-state index contributed by atoms with van der Waals surface area (Å²) in [5.74, 6) is -1.18. The molecule has 0 fully saturated rings. The minimum Gasteiger partial charge on any atom is -0.460 e. The number of rotatable bonds is 3. The van der Waals surface area contributed by atoms with Crippen LogP contribution in [0.1, 0.15) is 17.5 Å². The Hall–Kier alpha value is -1.95. The van der Waals surface area contributed by atoms with Gasteiger partial charge in [0.1, 0.15) is 5.82 Å². The number of nitrogens with zero attached hydrogens (tertiary/aromatic N) is 2. The molecule has 7 heteroatoms. The van der Waals surface area contributed by atoms with Crippen LogP contribution in [0, 0.1) is 5.82 Å². The second-order valence-corrected chi connectivity index (χ2v) is 3.79. The molecule has 0 aliphatic carbocycles. The summed E-state index contributed by atoms with van der Waals surface area (Å²) >= 11 is 5.64. The molecule has 0 bridgehead atoms. The van der Waals surface area contributed by atoms with Crippen molar-refractivity contribution in [3.05, 3.63) is 34.9 Å². The third-order valence-electron chi connectivity index (χ3n) is 2.13. The summed E-state index contributed by atoms with van der Waals surface area (Å²) in [5.41, 5.74) is 0.159. The molecule has 0 unspecified atom stereocenters. The molecule has 2 aromatic rings. The average Bonchev–Trinajstić information content (AvgIpc) is 2.78. The summed E-state index contributed by atoms with van der Waals surface area (Å²) in [6.45, 7) is 1.90. The first-order valence-electron chi connectivity index (χ1n) is 5.16. The third-order valence-corrected chi connectivity index (χ3v) is 2.36. The fourth-order valence-electron chi connectivity index (χ4n) is 1.34. The maximum absolute atomic E-state index is 13.6. The molecule has 0 saturated carbocycles. The molecule has 1 aromatic heterocycles. The molecule has 0 radical (unpaired) electrons. The molecule has 0 aliphatic heterocycles. The van der Waals surface area contributed by atoms with Gasteiger partial charge in [0.25, 0.3) is 0 Å². The van der Waals surface area contributed by atoms with Crippen molar-refractivity contribution in [2.24, 2.45) is 0 Å². The van der Waals surface area contributed by atoms with Crippen molar-refractivity contribution in [3.63, 3.8) is 0 Å². The minimum atomic E-state index is -0.634. The lowest BCUT2D eigenvalue weighted by Gasteiger charge is -1.98. The Bertz CT molecular complexity index is 585. The summed E-state index contributed by atoms with van der Waals surface area (Å²) < 4.78 is 18.3. The van der Waals surface area contributed by atoms with E-state index in [4.69, 9.17) is 16.3 Å². The molecule has 94 valence electrons. The van der Waals surface area contributed by atoms with E-state index >= 15 is 0 Å². The van der Waals surface area contributed by atoms with Crippen molar-refractivity contribution in [1.29, 1.82) is 0 Å². The van der Waals surface area contributed by atoms with Gasteiger partial charge in [-0.05, 0) is 25.1 Å². The summed E-state index contributed by atoms with van der Waals surface area (Å²) in [6, 6.07) is 4.10. The lowest BCUT2D eigenvalue weighted by molar-refractivity contribution is 0.0512. The Morgan fingerprint density at radius 2 is 2.33 bits per heavy atom. The molecule has 1 N–H and O–H groups in total. The predicted molar refractivity (Wildman–Crippen MR) is 62.7 cm³/mol. The van der Waals surface area contributed by atoms with Crippen molar-refractivity contribution in [1.82, 2.24) is 15.2 Å². The van der Waals surface area contributed by atoms with Gasteiger partial charge in [0.05, 0.1) is 12.2 Å². The van der Waals surface area contributed by atoms with Gasteiger partial charge in [-0.2, -0.15) is 5.10 Å². The summed E-state index contributed by atoms with van der Waals surface area (Å²) in [7, 11) is 0. The average molecular weight is 270 g/mol. The number of carbonyl (C=O) groups is 1. The van der Waals surface area contributed by atoms with Crippen LogP contribution in [0.4, 0.5) is 4.39 Å². The number of aromatic nitrogens is 3. The van der Waals surface area contributed by atoms with Crippen LogP contribution in [0.2, 0.25) is 5.02 Å². The number of hydrogen-bond donors (Lipinski definition) is 1. The van der Waals surface area contributed by atoms with E-state index in [1.54, 1.807) is 6.92 Å². The van der Waals surface area contributed by atoms with Gasteiger partial charge in [0, 0.05) is 5.02 Å². The highest BCUT2D eigenvalue weighted by atomic mass is 35.5. The first-order chi connectivity index (χ1) is 8.61.